The van der Waals surface area contributed by atoms with Crippen molar-refractivity contribution in [3.63, 3.8) is 0 Å². The molecule has 44 nitrogen and oxygen atoms in total. The second-order valence-electron chi connectivity index (χ2n) is 29.2. The minimum Gasteiger partial charge on any atom is -0.491 e. The predicted molar refractivity (Wildman–Crippen MR) is 455 cm³/mol. The quantitative estimate of drug-likeness (QED) is 0.0135. The first-order valence-electron chi connectivity index (χ1n) is 40.6. The molecule has 2 aromatic carbocycles. The minimum absolute atomic E-state index is 0.00361. The number of urea groups is 1. The van der Waals surface area contributed by atoms with Crippen molar-refractivity contribution in [1.29, 1.82) is 0 Å². The lowest BCUT2D eigenvalue weighted by atomic mass is 9.89. The standard InChI is InChI=1S/C41H63N9O14S.C39H57N7O14S/c1-25(2)37(48-34(55)21-49(5)6)30(53)18-27(8-7-12-45-40(42)59)38(57)47-29-10-9-28(22-63-41(60)43-4)31(19-29)62-17-16-61-15-13-44-33(54)11-14-50-36(56)20-32(39(50)58)65-23-35(64-24-51)46-26(3)52;1-24(43-26(3)49)31(51)18-28(8-6-7-12-41-25(2)48)37(54)45-30-10-9-29(21-59-39(56)40-5)32(19-30)58-17-16-57-15-13-42-34(52)11-14-46-36(53)20-33(38(46)55)61-22-35(60-23-47)44-27(4)50/h9-10,19,24-25,27,32,35,37H,7-8,11-18,20-23H2,1-6H3,(H,43,60)(H,44,54)(H,46,52)(H,47,57)(H,48,55)(H3,42,45,59);9-10,19,23-24,28,33,35H,6-8,11-18,20-22H2,1-5H3,(H,40,56)(H,41,48)(H,42,52)(H,43,49)(H,44,50)(H,45,54)/t27-,32?,35-,37+;24-,28+,33?,35+/m10/s1. The Balaban J connectivity index is 0.000000651. The lowest BCUT2D eigenvalue weighted by Crippen LogP contribution is -2.48. The molecule has 17 amide bonds. The number of imide groups is 2. The number of carbonyl (C=O) groups is 20. The van der Waals surface area contributed by atoms with Crippen molar-refractivity contribution < 1.29 is 134 Å². The number of anilines is 2. The van der Waals surface area contributed by atoms with Gasteiger partial charge in [-0.2, -0.15) is 0 Å². The van der Waals surface area contributed by atoms with Crippen molar-refractivity contribution in [2.75, 3.05) is 136 Å². The van der Waals surface area contributed by atoms with Crippen molar-refractivity contribution in [3.05, 3.63) is 47.5 Å². The Kier molecular flexibility index (Phi) is 51.6. The van der Waals surface area contributed by atoms with Crippen LogP contribution in [-0.2, 0) is 123 Å². The number of nitrogens with zero attached hydrogens (tertiary/aromatic N) is 3. The summed E-state index contributed by atoms with van der Waals surface area (Å²) < 4.78 is 43.0. The van der Waals surface area contributed by atoms with Crippen LogP contribution in [0.5, 0.6) is 11.5 Å². The number of amides is 17. The van der Waals surface area contributed by atoms with Gasteiger partial charge in [-0.15, -0.1) is 23.5 Å². The molecule has 14 N–H and O–H groups in total. The zero-order valence-corrected chi connectivity index (χ0v) is 74.4. The fraction of sp³-hybridized carbons (Fsp3) is 0.600. The maximum absolute atomic E-state index is 13.7. The Hall–Kier alpha value is -11.8. The van der Waals surface area contributed by atoms with Crippen molar-refractivity contribution >= 4 is 154 Å². The highest BCUT2D eigenvalue weighted by Gasteiger charge is 2.41. The van der Waals surface area contributed by atoms with Gasteiger partial charge in [-0.05, 0) is 76.9 Å². The summed E-state index contributed by atoms with van der Waals surface area (Å²) in [6.07, 6.45) is -2.10. The second-order valence-corrected chi connectivity index (χ2v) is 31.6. The number of nitrogens with two attached hydrogens (primary N) is 1. The molecule has 0 spiro atoms. The van der Waals surface area contributed by atoms with E-state index in [0.717, 1.165) is 33.3 Å². The van der Waals surface area contributed by atoms with Crippen LogP contribution < -0.4 is 79.0 Å². The van der Waals surface area contributed by atoms with Gasteiger partial charge in [-0.3, -0.25) is 91.3 Å². The summed E-state index contributed by atoms with van der Waals surface area (Å²) in [6, 6.07) is 7.06. The molecule has 2 heterocycles. The van der Waals surface area contributed by atoms with Crippen LogP contribution in [0.1, 0.15) is 130 Å². The van der Waals surface area contributed by atoms with Crippen LogP contribution >= 0.6 is 23.5 Å². The van der Waals surface area contributed by atoms with Gasteiger partial charge >= 0.3 is 18.2 Å². The Morgan fingerprint density at radius 1 is 0.524 bits per heavy atom. The maximum atomic E-state index is 13.7. The smallest absolute Gasteiger partial charge is 0.407 e. The van der Waals surface area contributed by atoms with Crippen LogP contribution in [-0.4, -0.2) is 294 Å². The van der Waals surface area contributed by atoms with E-state index in [0.29, 0.717) is 54.7 Å². The molecule has 2 aliphatic rings. The van der Waals surface area contributed by atoms with Gasteiger partial charge in [0.25, 0.3) is 12.9 Å². The Labute approximate surface area is 738 Å². The highest BCUT2D eigenvalue weighted by Crippen LogP contribution is 2.31. The molecular formula is C80H120N16O28S2. The van der Waals surface area contributed by atoms with Gasteiger partial charge in [0.2, 0.25) is 76.8 Å². The number of ketones is 2. The first kappa shape index (κ1) is 108. The van der Waals surface area contributed by atoms with Gasteiger partial charge in [0.1, 0.15) is 37.9 Å². The summed E-state index contributed by atoms with van der Waals surface area (Å²) >= 11 is 2.11. The molecular weight excluding hydrogens is 1700 g/mol. The molecule has 2 unspecified atom stereocenters. The molecule has 2 saturated heterocycles. The van der Waals surface area contributed by atoms with Gasteiger partial charge in [0.05, 0.1) is 67.1 Å². The summed E-state index contributed by atoms with van der Waals surface area (Å²) in [6.45, 7) is 11.3. The average molecular weight is 1820 g/mol. The van der Waals surface area contributed by atoms with E-state index in [-0.39, 0.29) is 208 Å². The van der Waals surface area contributed by atoms with Gasteiger partial charge in [0, 0.05) is 166 Å². The number of hydrogen-bond donors (Lipinski definition) is 13. The van der Waals surface area contributed by atoms with E-state index in [2.05, 4.69) is 63.8 Å². The van der Waals surface area contributed by atoms with Crippen LogP contribution in [0.2, 0.25) is 0 Å². The number of nitrogens with one attached hydrogen (secondary N) is 12. The lowest BCUT2D eigenvalue weighted by Gasteiger charge is -2.24. The maximum Gasteiger partial charge on any atom is 0.407 e. The van der Waals surface area contributed by atoms with E-state index in [4.69, 9.17) is 43.6 Å². The molecule has 8 atom stereocenters. The molecule has 0 saturated carbocycles. The fourth-order valence-electron chi connectivity index (χ4n) is 12.0. The molecule has 2 aliphatic heterocycles. The number of rotatable bonds is 60. The number of unbranched alkanes of at least 4 members (excludes halogenated alkanes) is 1. The third kappa shape index (κ3) is 44.2. The third-order valence-corrected chi connectivity index (χ3v) is 20.7. The monoisotopic (exact) mass is 1820 g/mol. The second kappa shape index (κ2) is 59.9. The van der Waals surface area contributed by atoms with Gasteiger partial charge in [0.15, 0.2) is 24.0 Å². The van der Waals surface area contributed by atoms with Crippen molar-refractivity contribution in [2.24, 2.45) is 23.5 Å². The summed E-state index contributed by atoms with van der Waals surface area (Å²) in [5.74, 6) is -7.28. The third-order valence-electron chi connectivity index (χ3n) is 18.2. The molecule has 2 aromatic rings. The average Bonchev–Trinajstić information content (AvgIpc) is 1.60. The number of alkyl carbamates (subject to hydrolysis) is 2. The molecule has 46 heteroatoms. The number of ether oxygens (including phenoxy) is 8. The molecule has 0 radical (unpaired) electrons. The van der Waals surface area contributed by atoms with Crippen LogP contribution in [0.3, 0.4) is 0 Å². The molecule has 2 fully saturated rings. The first-order valence-corrected chi connectivity index (χ1v) is 42.7. The van der Waals surface area contributed by atoms with E-state index < -0.39 is 124 Å². The number of likely N-dealkylation sites (N-methyl/N-ethyl adjacent to an activating group) is 1. The van der Waals surface area contributed by atoms with Crippen LogP contribution in [0.4, 0.5) is 25.8 Å². The summed E-state index contributed by atoms with van der Waals surface area (Å²) in [5, 5.41) is 29.5. The SMILES string of the molecule is CNC(=O)OCc1ccc(NC(=O)[C@H](CCCCNC(C)=O)CC(=O)[C@H](C)NC(C)=O)cc1OCCOCCNC(=O)CCN1C(=O)CC(SC[C@H](NC(C)=O)OC=O)C1=O.CNC(=O)OCc1ccc(NC(=O)[C@H](CCCNC(N)=O)CC(=O)[C@@H](NC(=O)CN(C)C)C(C)C)cc1OCCOCCNC(=O)CCN1C(=O)CC(SC[C@H](NC(C)=O)OC=O)C1=O. The fourth-order valence-corrected chi connectivity index (χ4v) is 14.2. The Bertz CT molecular complexity index is 4030. The zero-order chi connectivity index (χ0) is 93.8. The molecule has 0 aromatic heterocycles. The first-order chi connectivity index (χ1) is 59.9. The number of benzene rings is 2. The normalized spacial score (nSPS) is 14.8. The Morgan fingerprint density at radius 2 is 0.960 bits per heavy atom. The molecule has 700 valence electrons. The minimum atomic E-state index is -0.966. The topological polar surface area (TPSA) is 595 Å². The number of likely N-dealkylation sites (tertiary alicyclic amines) is 2. The van der Waals surface area contributed by atoms with Crippen LogP contribution in [0.25, 0.3) is 0 Å². The summed E-state index contributed by atoms with van der Waals surface area (Å²) in [7, 11) is 6.26. The van der Waals surface area contributed by atoms with Gasteiger partial charge in [-0.1, -0.05) is 20.3 Å². The number of carbonyl (C=O) groups excluding carboxylic acids is 20. The van der Waals surface area contributed by atoms with E-state index in [1.807, 2.05) is 0 Å². The lowest BCUT2D eigenvalue weighted by molar-refractivity contribution is -0.140. The van der Waals surface area contributed by atoms with E-state index in [9.17, 15) is 95.9 Å². The van der Waals surface area contributed by atoms with Crippen molar-refractivity contribution in [3.8, 4) is 11.5 Å². The van der Waals surface area contributed by atoms with E-state index in [1.165, 1.54) is 53.9 Å². The predicted octanol–water partition coefficient (Wildman–Crippen LogP) is -0.110. The molecule has 0 aliphatic carbocycles. The van der Waals surface area contributed by atoms with Crippen molar-refractivity contribution in [2.45, 2.75) is 167 Å². The van der Waals surface area contributed by atoms with E-state index >= 15 is 0 Å². The van der Waals surface area contributed by atoms with Crippen LogP contribution in [0, 0.1) is 17.8 Å². The molecule has 0 bridgehead atoms. The summed E-state index contributed by atoms with van der Waals surface area (Å²) in [4.78, 5) is 247. The number of Topliss-reactive ketones (excluding diaryl/α,β-unsaturated/α-hetero) is 2. The largest absolute Gasteiger partial charge is 0.491 e. The van der Waals surface area contributed by atoms with Crippen LogP contribution in [0.15, 0.2) is 36.4 Å². The number of thioether (sulfide) groups is 2. The Morgan fingerprint density at radius 3 is 1.37 bits per heavy atom. The zero-order valence-electron chi connectivity index (χ0n) is 72.8. The molecule has 4 rings (SSSR count). The van der Waals surface area contributed by atoms with Crippen molar-refractivity contribution in [1.82, 2.24) is 67.9 Å². The highest BCUT2D eigenvalue weighted by atomic mass is 32.2. The van der Waals surface area contributed by atoms with E-state index in [1.54, 1.807) is 64.0 Å². The molecule has 126 heavy (non-hydrogen) atoms. The number of primary amides is 1. The van der Waals surface area contributed by atoms with Gasteiger partial charge in [-0.25, -0.2) is 14.4 Å². The van der Waals surface area contributed by atoms with Gasteiger partial charge < -0.3 is 112 Å². The number of hydrogen-bond acceptors (Lipinski definition) is 31. The summed E-state index contributed by atoms with van der Waals surface area (Å²) in [5.41, 5.74) is 6.76. The highest BCUT2D eigenvalue weighted by molar-refractivity contribution is 8.01.